The summed E-state index contributed by atoms with van der Waals surface area (Å²) in [6.07, 6.45) is 2.46. The van der Waals surface area contributed by atoms with Crippen molar-refractivity contribution in [2.45, 2.75) is 33.4 Å². The van der Waals surface area contributed by atoms with Gasteiger partial charge in [0.05, 0.1) is 20.2 Å². The van der Waals surface area contributed by atoms with Crippen molar-refractivity contribution in [1.29, 1.82) is 0 Å². The number of aryl methyl sites for hydroxylation is 2. The molecular formula is C13H16BrN7O5. The molecule has 2 heterocycles. The molecular weight excluding hydrogens is 414 g/mol. The number of rotatable bonds is 8. The van der Waals surface area contributed by atoms with E-state index in [1.165, 1.54) is 6.92 Å². The molecule has 2 aromatic rings. The molecule has 0 aliphatic heterocycles. The van der Waals surface area contributed by atoms with E-state index in [0.29, 0.717) is 19.5 Å². The third-order valence-electron chi connectivity index (χ3n) is 3.58. The molecule has 1 N–H and O–H groups in total. The molecule has 0 aliphatic rings. The number of aromatic nitrogens is 4. The van der Waals surface area contributed by atoms with Crippen LogP contribution in [0.25, 0.3) is 0 Å². The van der Waals surface area contributed by atoms with Gasteiger partial charge >= 0.3 is 11.5 Å². The zero-order valence-corrected chi connectivity index (χ0v) is 15.6. The Kier molecular flexibility index (Phi) is 6.02. The van der Waals surface area contributed by atoms with E-state index in [0.717, 1.165) is 14.8 Å². The first kappa shape index (κ1) is 19.5. The second kappa shape index (κ2) is 8.03. The monoisotopic (exact) mass is 429 g/mol. The lowest BCUT2D eigenvalue weighted by atomic mass is 10.3. The number of amides is 1. The quantitative estimate of drug-likeness (QED) is 0.378. The van der Waals surface area contributed by atoms with Gasteiger partial charge in [0.15, 0.2) is 0 Å². The zero-order valence-electron chi connectivity index (χ0n) is 14.0. The van der Waals surface area contributed by atoms with E-state index >= 15 is 0 Å². The van der Waals surface area contributed by atoms with E-state index in [9.17, 15) is 25.0 Å². The number of hydrogen-bond acceptors (Lipinski definition) is 7. The smallest absolute Gasteiger partial charge is 0.358 e. The minimum Gasteiger partial charge on any atom is -0.358 e. The minimum atomic E-state index is -0.941. The molecule has 0 unspecified atom stereocenters. The molecule has 0 bridgehead atoms. The number of halogens is 1. The Bertz CT molecular complexity index is 840. The standard InChI is InChI=1S/C13H16BrN7O5/c1-8-10(14)6-18(16-8)5-3-4-15-11(22)7-19-9(2)12(20(23)24)13(17-19)21(25)26/h6H,3-5,7H2,1-2H3,(H,15,22). The van der Waals surface area contributed by atoms with E-state index in [-0.39, 0.29) is 12.2 Å². The summed E-state index contributed by atoms with van der Waals surface area (Å²) >= 11 is 3.36. The normalized spacial score (nSPS) is 10.7. The highest BCUT2D eigenvalue weighted by atomic mass is 79.9. The van der Waals surface area contributed by atoms with Crippen molar-refractivity contribution in [3.05, 3.63) is 42.3 Å². The molecule has 1 amide bonds. The van der Waals surface area contributed by atoms with Crippen molar-refractivity contribution in [2.24, 2.45) is 0 Å². The van der Waals surface area contributed by atoms with Crippen LogP contribution in [0.3, 0.4) is 0 Å². The van der Waals surface area contributed by atoms with Crippen LogP contribution in [0.15, 0.2) is 10.7 Å². The fraction of sp³-hybridized carbons (Fsp3) is 0.462. The summed E-state index contributed by atoms with van der Waals surface area (Å²) in [5.41, 5.74) is 0.113. The first-order valence-electron chi connectivity index (χ1n) is 7.53. The highest BCUT2D eigenvalue weighted by Crippen LogP contribution is 2.28. The van der Waals surface area contributed by atoms with Gasteiger partial charge in [-0.2, -0.15) is 9.78 Å². The summed E-state index contributed by atoms with van der Waals surface area (Å²) in [7, 11) is 0. The van der Waals surface area contributed by atoms with Crippen LogP contribution in [0.1, 0.15) is 17.8 Å². The molecule has 140 valence electrons. The Hall–Kier alpha value is -2.83. The number of nitrogens with zero attached hydrogens (tertiary/aromatic N) is 6. The maximum atomic E-state index is 12.0. The fourth-order valence-electron chi connectivity index (χ4n) is 2.28. The van der Waals surface area contributed by atoms with Crippen LogP contribution in [-0.4, -0.2) is 41.9 Å². The number of carbonyl (C=O) groups excluding carboxylic acids is 1. The van der Waals surface area contributed by atoms with Gasteiger partial charge in [-0.1, -0.05) is 0 Å². The van der Waals surface area contributed by atoms with Gasteiger partial charge in [0.25, 0.3) is 0 Å². The molecule has 2 aromatic heterocycles. The largest absolute Gasteiger partial charge is 0.468 e. The van der Waals surface area contributed by atoms with Gasteiger partial charge in [-0.25, -0.2) is 0 Å². The molecule has 12 nitrogen and oxygen atoms in total. The van der Waals surface area contributed by atoms with Gasteiger partial charge in [0.1, 0.15) is 12.2 Å². The summed E-state index contributed by atoms with van der Waals surface area (Å²) in [4.78, 5) is 32.0. The highest BCUT2D eigenvalue weighted by molar-refractivity contribution is 9.10. The Morgan fingerprint density at radius 3 is 2.46 bits per heavy atom. The predicted octanol–water partition coefficient (Wildman–Crippen LogP) is 1.48. The highest BCUT2D eigenvalue weighted by Gasteiger charge is 2.35. The van der Waals surface area contributed by atoms with Crippen molar-refractivity contribution in [3.8, 4) is 0 Å². The van der Waals surface area contributed by atoms with Gasteiger partial charge in [-0.3, -0.25) is 19.6 Å². The zero-order chi connectivity index (χ0) is 19.4. The second-order valence-corrected chi connectivity index (χ2v) is 6.31. The number of nitrogens with one attached hydrogen (secondary N) is 1. The average Bonchev–Trinajstić information content (AvgIpc) is 3.04. The fourth-order valence-corrected chi connectivity index (χ4v) is 2.60. The van der Waals surface area contributed by atoms with Crippen LogP contribution in [0.4, 0.5) is 11.5 Å². The summed E-state index contributed by atoms with van der Waals surface area (Å²) in [5, 5.41) is 32.3. The van der Waals surface area contributed by atoms with Crippen LogP contribution in [0.2, 0.25) is 0 Å². The van der Waals surface area contributed by atoms with Crippen molar-refractivity contribution in [1.82, 2.24) is 24.9 Å². The van der Waals surface area contributed by atoms with Gasteiger partial charge in [-0.05, 0) is 41.1 Å². The predicted molar refractivity (Wildman–Crippen MR) is 92.6 cm³/mol. The van der Waals surface area contributed by atoms with Gasteiger partial charge in [-0.15, -0.1) is 0 Å². The molecule has 26 heavy (non-hydrogen) atoms. The Morgan fingerprint density at radius 1 is 1.27 bits per heavy atom. The number of hydrogen-bond donors (Lipinski definition) is 1. The maximum absolute atomic E-state index is 12.0. The Labute approximate surface area is 155 Å². The first-order valence-corrected chi connectivity index (χ1v) is 8.32. The van der Waals surface area contributed by atoms with E-state index < -0.39 is 27.3 Å². The summed E-state index contributed by atoms with van der Waals surface area (Å²) < 4.78 is 3.61. The molecule has 0 aliphatic carbocycles. The van der Waals surface area contributed by atoms with Crippen molar-refractivity contribution >= 4 is 33.3 Å². The third-order valence-corrected chi connectivity index (χ3v) is 4.36. The van der Waals surface area contributed by atoms with Crippen molar-refractivity contribution in [3.63, 3.8) is 0 Å². The molecule has 0 radical (unpaired) electrons. The maximum Gasteiger partial charge on any atom is 0.468 e. The Balaban J connectivity index is 1.90. The van der Waals surface area contributed by atoms with Crippen molar-refractivity contribution in [2.75, 3.05) is 6.54 Å². The van der Waals surface area contributed by atoms with Crippen molar-refractivity contribution < 1.29 is 14.6 Å². The topological polar surface area (TPSA) is 151 Å². The first-order chi connectivity index (χ1) is 12.2. The lowest BCUT2D eigenvalue weighted by Crippen LogP contribution is -2.29. The molecule has 2 rings (SSSR count). The van der Waals surface area contributed by atoms with Crippen LogP contribution in [0.5, 0.6) is 0 Å². The van der Waals surface area contributed by atoms with E-state index in [1.54, 1.807) is 4.68 Å². The van der Waals surface area contributed by atoms with Gasteiger partial charge in [0, 0.05) is 19.3 Å². The van der Waals surface area contributed by atoms with Crippen LogP contribution < -0.4 is 5.32 Å². The molecule has 0 spiro atoms. The molecule has 0 atom stereocenters. The lowest BCUT2D eigenvalue weighted by molar-refractivity contribution is -0.424. The molecule has 0 saturated carbocycles. The molecule has 0 saturated heterocycles. The van der Waals surface area contributed by atoms with Gasteiger partial charge in [0.2, 0.25) is 5.91 Å². The van der Waals surface area contributed by atoms with E-state index in [1.807, 2.05) is 13.1 Å². The second-order valence-electron chi connectivity index (χ2n) is 5.46. The van der Waals surface area contributed by atoms with Crippen LogP contribution >= 0.6 is 15.9 Å². The summed E-state index contributed by atoms with van der Waals surface area (Å²) in [6, 6.07) is 0. The van der Waals surface area contributed by atoms with E-state index in [2.05, 4.69) is 31.4 Å². The number of nitro groups is 2. The molecule has 0 fully saturated rings. The third kappa shape index (κ3) is 4.41. The number of carbonyl (C=O) groups is 1. The summed E-state index contributed by atoms with van der Waals surface area (Å²) in [6.45, 7) is 3.80. The van der Waals surface area contributed by atoms with Crippen LogP contribution in [0, 0.1) is 34.1 Å². The van der Waals surface area contributed by atoms with Gasteiger partial charge < -0.3 is 15.4 Å². The SMILES string of the molecule is Cc1nn(CCCNC(=O)Cn2nc([N+](=O)[O-])c([N+](=O)[O-])c2C)cc1Br. The minimum absolute atomic E-state index is 0.0475. The van der Waals surface area contributed by atoms with E-state index in [4.69, 9.17) is 0 Å². The Morgan fingerprint density at radius 2 is 1.96 bits per heavy atom. The lowest BCUT2D eigenvalue weighted by Gasteiger charge is -2.05. The summed E-state index contributed by atoms with van der Waals surface area (Å²) in [5.74, 6) is -1.32. The molecule has 13 heteroatoms. The average molecular weight is 430 g/mol. The molecule has 0 aromatic carbocycles. The van der Waals surface area contributed by atoms with Crippen LogP contribution in [-0.2, 0) is 17.9 Å².